The van der Waals surface area contributed by atoms with Crippen LogP contribution in [0.4, 0.5) is 5.69 Å². The second-order valence-corrected chi connectivity index (χ2v) is 28.7. The number of rotatable bonds is 18. The fourth-order valence-electron chi connectivity index (χ4n) is 11.0. The van der Waals surface area contributed by atoms with E-state index in [0.717, 1.165) is 111 Å². The Kier molecular flexibility index (Phi) is 16.2. The number of hydrogen-bond acceptors (Lipinski definition) is 10. The molecule has 0 aliphatic carbocycles. The largest absolute Gasteiger partial charge is 0.494 e. The van der Waals surface area contributed by atoms with Gasteiger partial charge in [-0.1, -0.05) is 93.3 Å². The Morgan fingerprint density at radius 1 is 0.740 bits per heavy atom. The zero-order chi connectivity index (χ0) is 51.5. The monoisotopic (exact) mass is 1010 g/mol. The molecule has 14 heteroatoms. The van der Waals surface area contributed by atoms with Crippen LogP contribution in [-0.2, 0) is 30.2 Å². The minimum atomic E-state index is -1.30. The van der Waals surface area contributed by atoms with Gasteiger partial charge in [0.1, 0.15) is 25.1 Å². The highest BCUT2D eigenvalue weighted by atomic mass is 28.3. The van der Waals surface area contributed by atoms with Crippen molar-refractivity contribution in [3.05, 3.63) is 125 Å². The molecule has 3 amide bonds. The molecule has 4 aromatic rings. The van der Waals surface area contributed by atoms with Crippen molar-refractivity contribution >= 4 is 55.2 Å². The molecule has 5 heterocycles. The lowest BCUT2D eigenvalue weighted by atomic mass is 9.78. The topological polar surface area (TPSA) is 104 Å². The number of likely N-dealkylation sites (tertiary alicyclic amines) is 1. The molecular weight excluding hydrogens is 930 g/mol. The maximum absolute atomic E-state index is 13.6. The van der Waals surface area contributed by atoms with Crippen LogP contribution in [0.15, 0.2) is 97.1 Å². The molecule has 73 heavy (non-hydrogen) atoms. The lowest BCUT2D eigenvalue weighted by Gasteiger charge is -2.39. The molecule has 12 nitrogen and oxygen atoms in total. The van der Waals surface area contributed by atoms with Gasteiger partial charge in [-0.25, -0.2) is 0 Å². The summed E-state index contributed by atoms with van der Waals surface area (Å²) in [7, 11) is -1.71. The number of piperazine rings is 1. The summed E-state index contributed by atoms with van der Waals surface area (Å²) in [6.07, 6.45) is 3.73. The van der Waals surface area contributed by atoms with E-state index >= 15 is 0 Å². The first-order chi connectivity index (χ1) is 35.0. The lowest BCUT2D eigenvalue weighted by molar-refractivity contribution is -0.158. The number of amides is 3. The molecule has 4 saturated heterocycles. The highest BCUT2D eigenvalue weighted by Gasteiger charge is 2.52. The van der Waals surface area contributed by atoms with Crippen LogP contribution in [0.2, 0.25) is 25.7 Å². The van der Waals surface area contributed by atoms with E-state index in [1.54, 1.807) is 4.90 Å². The summed E-state index contributed by atoms with van der Waals surface area (Å²) in [5.74, 6) is 0.858. The third kappa shape index (κ3) is 12.2. The van der Waals surface area contributed by atoms with Crippen molar-refractivity contribution in [1.29, 1.82) is 0 Å². The van der Waals surface area contributed by atoms with E-state index in [9.17, 15) is 14.4 Å². The number of allylic oxidation sites excluding steroid dienone is 1. The van der Waals surface area contributed by atoms with Gasteiger partial charge in [-0.2, -0.15) is 0 Å². The minimum Gasteiger partial charge on any atom is -0.492 e. The van der Waals surface area contributed by atoms with Crippen LogP contribution in [0.1, 0.15) is 99.3 Å². The third-order valence-electron chi connectivity index (χ3n) is 16.3. The maximum atomic E-state index is 13.6. The summed E-state index contributed by atoms with van der Waals surface area (Å²) in [6, 6.07) is 34.5. The molecule has 5 aliphatic heterocycles. The summed E-state index contributed by atoms with van der Waals surface area (Å²) in [6.45, 7) is 27.1. The van der Waals surface area contributed by atoms with E-state index in [-0.39, 0.29) is 30.9 Å². The van der Waals surface area contributed by atoms with Gasteiger partial charge in [-0.3, -0.25) is 24.2 Å². The van der Waals surface area contributed by atoms with Crippen LogP contribution in [0.5, 0.6) is 5.75 Å². The molecule has 0 bridgehead atoms. The number of imide groups is 1. The summed E-state index contributed by atoms with van der Waals surface area (Å²) in [5, 5.41) is 0. The summed E-state index contributed by atoms with van der Waals surface area (Å²) in [5.41, 5.74) is 9.02. The third-order valence-corrected chi connectivity index (χ3v) is 18.0. The molecule has 9 rings (SSSR count). The number of carbonyl (C=O) groups is 3. The fourth-order valence-corrected chi connectivity index (χ4v) is 11.7. The number of ether oxygens (including phenoxy) is 2. The summed E-state index contributed by atoms with van der Waals surface area (Å²) >= 11 is 0. The summed E-state index contributed by atoms with van der Waals surface area (Å²) in [4.78, 5) is 50.5. The van der Waals surface area contributed by atoms with Crippen molar-refractivity contribution in [2.45, 2.75) is 116 Å². The molecule has 0 radical (unpaired) electrons. The van der Waals surface area contributed by atoms with Gasteiger partial charge in [0, 0.05) is 91.3 Å². The van der Waals surface area contributed by atoms with Crippen LogP contribution in [0, 0.1) is 5.92 Å². The molecule has 0 saturated carbocycles. The first-order valence-electron chi connectivity index (χ1n) is 27.0. The van der Waals surface area contributed by atoms with Crippen molar-refractivity contribution in [2.24, 2.45) is 5.92 Å². The first kappa shape index (κ1) is 52.8. The predicted molar refractivity (Wildman–Crippen MR) is 295 cm³/mol. The number of fused-ring (bicyclic) bond motifs is 1. The number of nitrogens with zero attached hydrogens (tertiary/aromatic N) is 5. The van der Waals surface area contributed by atoms with Crippen LogP contribution < -0.4 is 15.1 Å². The molecule has 0 spiro atoms. The van der Waals surface area contributed by atoms with Crippen molar-refractivity contribution in [1.82, 2.24) is 19.6 Å². The zero-order valence-corrected chi connectivity index (χ0v) is 45.8. The van der Waals surface area contributed by atoms with E-state index in [2.05, 4.69) is 160 Å². The van der Waals surface area contributed by atoms with Crippen LogP contribution in [0.3, 0.4) is 0 Å². The van der Waals surface area contributed by atoms with Crippen molar-refractivity contribution in [3.63, 3.8) is 0 Å². The van der Waals surface area contributed by atoms with Gasteiger partial charge in [-0.15, -0.1) is 0 Å². The van der Waals surface area contributed by atoms with E-state index in [0.29, 0.717) is 37.7 Å². The standard InChI is InChI=1S/C59H78BN5O7Si/c1-9-51(44-13-11-10-12-14-44)55(45-15-19-48(20-16-45)60-71-58(2,3)59(4,5)72-60)46-17-22-50(23-18-46)70-36-35-61-31-33-62(34-32-61)40-43-27-29-63(30-28-43)49-21-24-52-47(39-49)41-64(56(52)67)53-25-26-54(66)65(57(53)68)42-69-37-38-73(6,7)8/h10-24,39,43,53H,9,25-38,40-42H2,1-8H3/b55-51-. The van der Waals surface area contributed by atoms with Crippen LogP contribution in [0.25, 0.3) is 11.1 Å². The Hall–Kier alpha value is -5.09. The first-order valence-corrected chi connectivity index (χ1v) is 30.7. The van der Waals surface area contributed by atoms with Crippen LogP contribution in [-0.4, -0.2) is 142 Å². The SMILES string of the molecule is CC/C(=C(/c1ccc(OCCN2CCN(CC3CCN(c4ccc5c(c4)CN(C4CCC(=O)N(COCC[Si](C)(C)C)C4=O)C5=O)CC3)CC2)cc1)c1ccc(B2OC(C)(C)C(C)(C)O2)cc1)c1ccccc1. The highest BCUT2D eigenvalue weighted by molar-refractivity contribution is 6.76. The van der Waals surface area contributed by atoms with E-state index in [1.165, 1.54) is 21.6 Å². The number of anilines is 1. The van der Waals surface area contributed by atoms with Gasteiger partial charge in [0.2, 0.25) is 5.91 Å². The summed E-state index contributed by atoms with van der Waals surface area (Å²) < 4.78 is 24.9. The molecule has 0 aromatic heterocycles. The van der Waals surface area contributed by atoms with Gasteiger partial charge in [0.15, 0.2) is 0 Å². The Labute approximate surface area is 436 Å². The van der Waals surface area contributed by atoms with E-state index in [4.69, 9.17) is 18.8 Å². The second-order valence-electron chi connectivity index (χ2n) is 23.1. The molecule has 0 N–H and O–H groups in total. The Bertz CT molecular complexity index is 2590. The Morgan fingerprint density at radius 3 is 2.03 bits per heavy atom. The smallest absolute Gasteiger partial charge is 0.492 e. The number of hydrogen-bond donors (Lipinski definition) is 0. The van der Waals surface area contributed by atoms with Gasteiger partial charge in [0.05, 0.1) is 11.2 Å². The number of carbonyl (C=O) groups excluding carboxylic acids is 3. The average molecular weight is 1010 g/mol. The van der Waals surface area contributed by atoms with Gasteiger partial charge in [-0.05, 0) is 135 Å². The van der Waals surface area contributed by atoms with E-state index in [1.807, 2.05) is 6.07 Å². The van der Waals surface area contributed by atoms with Crippen LogP contribution >= 0.6 is 0 Å². The Morgan fingerprint density at radius 2 is 1.38 bits per heavy atom. The maximum Gasteiger partial charge on any atom is 0.494 e. The van der Waals surface area contributed by atoms with Gasteiger partial charge >= 0.3 is 7.12 Å². The molecule has 1 atom stereocenters. The normalized spacial score (nSPS) is 21.3. The molecule has 4 aromatic carbocycles. The lowest BCUT2D eigenvalue weighted by Crippen LogP contribution is -2.55. The quantitative estimate of drug-likeness (QED) is 0.0415. The molecule has 1 unspecified atom stereocenters. The molecule has 5 aliphatic rings. The second kappa shape index (κ2) is 22.4. The number of piperidine rings is 2. The Balaban J connectivity index is 0.721. The molecule has 388 valence electrons. The molecule has 4 fully saturated rings. The van der Waals surface area contributed by atoms with Gasteiger partial charge in [0.25, 0.3) is 11.8 Å². The minimum absolute atomic E-state index is 0.0446. The van der Waals surface area contributed by atoms with Crippen molar-refractivity contribution in [2.75, 3.05) is 77.2 Å². The average Bonchev–Trinajstić information content (AvgIpc) is 3.82. The number of benzene rings is 4. The predicted octanol–water partition coefficient (Wildman–Crippen LogP) is 9.05. The van der Waals surface area contributed by atoms with E-state index < -0.39 is 32.4 Å². The van der Waals surface area contributed by atoms with Crippen molar-refractivity contribution in [3.8, 4) is 5.75 Å². The van der Waals surface area contributed by atoms with Crippen molar-refractivity contribution < 1.29 is 33.2 Å². The molecular formula is C59H78BN5O7Si. The fraction of sp³-hybridized carbons (Fsp3) is 0.508. The highest BCUT2D eigenvalue weighted by Crippen LogP contribution is 2.39. The zero-order valence-electron chi connectivity index (χ0n) is 44.8. The van der Waals surface area contributed by atoms with Gasteiger partial charge < -0.3 is 33.5 Å².